The summed E-state index contributed by atoms with van der Waals surface area (Å²) >= 11 is 5.87. The second-order valence-electron chi connectivity index (χ2n) is 9.11. The highest BCUT2D eigenvalue weighted by molar-refractivity contribution is 7.80. The minimum Gasteiger partial charge on any atom is -0.495 e. The maximum absolute atomic E-state index is 11.6. The highest BCUT2D eigenvalue weighted by Gasteiger charge is 2.42. The van der Waals surface area contributed by atoms with Crippen molar-refractivity contribution in [2.24, 2.45) is 0 Å². The quantitative estimate of drug-likeness (QED) is 0.195. The number of aromatic nitrogens is 2. The van der Waals surface area contributed by atoms with Crippen LogP contribution in [0, 0.1) is 30.9 Å². The van der Waals surface area contributed by atoms with E-state index in [-0.39, 0.29) is 17.8 Å². The van der Waals surface area contributed by atoms with Gasteiger partial charge in [-0.2, -0.15) is 0 Å². The van der Waals surface area contributed by atoms with Crippen molar-refractivity contribution >= 4 is 28.7 Å². The molecule has 1 N–H and O–H groups in total. The second-order valence-corrected chi connectivity index (χ2v) is 9.50. The SMILES string of the molecule is COc1ccc([N+](=O)[O-])cc1-n1c(C)cc([C@H]2[C@@H](c3ccccn3)NC(=S)N2c2cccc(C)c2)c1C. The number of hydrogen-bond acceptors (Lipinski definition) is 5. The lowest BCUT2D eigenvalue weighted by atomic mass is 9.96. The first kappa shape index (κ1) is 24.5. The van der Waals surface area contributed by atoms with Crippen molar-refractivity contribution in [3.8, 4) is 11.4 Å². The molecule has 4 aromatic rings. The fourth-order valence-corrected chi connectivity index (χ4v) is 5.50. The van der Waals surface area contributed by atoms with Crippen LogP contribution in [-0.4, -0.2) is 26.7 Å². The Morgan fingerprint density at radius 3 is 2.54 bits per heavy atom. The number of benzene rings is 2. The van der Waals surface area contributed by atoms with E-state index in [0.29, 0.717) is 16.5 Å². The van der Waals surface area contributed by atoms with Crippen LogP contribution in [0.4, 0.5) is 11.4 Å². The smallest absolute Gasteiger partial charge is 0.271 e. The van der Waals surface area contributed by atoms with Gasteiger partial charge in [-0.05, 0) is 80.5 Å². The number of aryl methyl sites for hydroxylation is 2. The lowest BCUT2D eigenvalue weighted by Gasteiger charge is -2.28. The van der Waals surface area contributed by atoms with Crippen molar-refractivity contribution in [3.63, 3.8) is 0 Å². The van der Waals surface area contributed by atoms with Gasteiger partial charge in [-0.25, -0.2) is 0 Å². The summed E-state index contributed by atoms with van der Waals surface area (Å²) in [6.45, 7) is 6.07. The third kappa shape index (κ3) is 4.31. The van der Waals surface area contributed by atoms with Gasteiger partial charge < -0.3 is 19.5 Å². The Hall–Kier alpha value is -4.24. The number of nitrogens with zero attached hydrogens (tertiary/aromatic N) is 4. The van der Waals surface area contributed by atoms with Crippen LogP contribution in [0.25, 0.3) is 5.69 Å². The fourth-order valence-electron chi connectivity index (χ4n) is 5.15. The Balaban J connectivity index is 1.71. The van der Waals surface area contributed by atoms with Crippen LogP contribution < -0.4 is 15.0 Å². The average molecular weight is 514 g/mol. The number of hydrogen-bond donors (Lipinski definition) is 1. The van der Waals surface area contributed by atoms with Crippen LogP contribution in [0.1, 0.15) is 40.3 Å². The second kappa shape index (κ2) is 9.67. The number of pyridine rings is 1. The van der Waals surface area contributed by atoms with Crippen LogP contribution in [0.15, 0.2) is 72.9 Å². The molecule has 0 saturated carbocycles. The minimum absolute atomic E-state index is 0.00121. The largest absolute Gasteiger partial charge is 0.495 e. The first-order chi connectivity index (χ1) is 17.8. The number of ether oxygens (including phenoxy) is 1. The van der Waals surface area contributed by atoms with E-state index in [9.17, 15) is 10.1 Å². The zero-order valence-electron chi connectivity index (χ0n) is 21.0. The summed E-state index contributed by atoms with van der Waals surface area (Å²) in [7, 11) is 1.57. The number of non-ortho nitro benzene ring substituents is 1. The number of methoxy groups -OCH3 is 1. The molecular weight excluding hydrogens is 486 g/mol. The highest BCUT2D eigenvalue weighted by Crippen LogP contribution is 2.44. The number of nitro benzene ring substituents is 1. The molecule has 0 bridgehead atoms. The van der Waals surface area contributed by atoms with E-state index in [1.807, 2.05) is 42.7 Å². The predicted molar refractivity (Wildman–Crippen MR) is 148 cm³/mol. The van der Waals surface area contributed by atoms with Gasteiger partial charge in [0.2, 0.25) is 0 Å². The molecule has 37 heavy (non-hydrogen) atoms. The Morgan fingerprint density at radius 1 is 1.05 bits per heavy atom. The summed E-state index contributed by atoms with van der Waals surface area (Å²) in [5.74, 6) is 0.552. The molecule has 0 amide bonds. The molecule has 3 heterocycles. The van der Waals surface area contributed by atoms with Gasteiger partial charge in [-0.3, -0.25) is 15.1 Å². The van der Waals surface area contributed by atoms with Crippen molar-refractivity contribution in [3.05, 3.63) is 111 Å². The van der Waals surface area contributed by atoms with Crippen LogP contribution in [0.3, 0.4) is 0 Å². The van der Waals surface area contributed by atoms with Gasteiger partial charge in [0.05, 0.1) is 35.5 Å². The number of nitro groups is 1. The van der Waals surface area contributed by atoms with Gasteiger partial charge in [0.25, 0.3) is 5.69 Å². The molecule has 2 aromatic carbocycles. The number of thiocarbonyl (C=S) groups is 1. The molecule has 8 nitrogen and oxygen atoms in total. The third-order valence-corrected chi connectivity index (χ3v) is 7.10. The lowest BCUT2D eigenvalue weighted by molar-refractivity contribution is -0.384. The van der Waals surface area contributed by atoms with Crippen molar-refractivity contribution in [1.29, 1.82) is 0 Å². The van der Waals surface area contributed by atoms with E-state index in [1.165, 1.54) is 6.07 Å². The number of nitrogens with one attached hydrogen (secondary N) is 1. The maximum atomic E-state index is 11.6. The van der Waals surface area contributed by atoms with Crippen molar-refractivity contribution in [1.82, 2.24) is 14.9 Å². The van der Waals surface area contributed by atoms with E-state index >= 15 is 0 Å². The molecule has 0 radical (unpaired) electrons. The summed E-state index contributed by atoms with van der Waals surface area (Å²) in [5, 5.41) is 15.7. The molecule has 0 unspecified atom stereocenters. The molecule has 1 saturated heterocycles. The van der Waals surface area contributed by atoms with Gasteiger partial charge in [-0.1, -0.05) is 18.2 Å². The van der Waals surface area contributed by atoms with Crippen molar-refractivity contribution in [2.45, 2.75) is 32.9 Å². The van der Waals surface area contributed by atoms with Gasteiger partial charge in [-0.15, -0.1) is 0 Å². The molecule has 1 aliphatic heterocycles. The van der Waals surface area contributed by atoms with Crippen LogP contribution in [0.5, 0.6) is 5.75 Å². The van der Waals surface area contributed by atoms with Crippen LogP contribution in [0.2, 0.25) is 0 Å². The Kier molecular flexibility index (Phi) is 6.39. The summed E-state index contributed by atoms with van der Waals surface area (Å²) < 4.78 is 7.60. The molecule has 5 rings (SSSR count). The Labute approximate surface area is 220 Å². The van der Waals surface area contributed by atoms with E-state index in [1.54, 1.807) is 25.4 Å². The predicted octanol–water partition coefficient (Wildman–Crippen LogP) is 5.89. The van der Waals surface area contributed by atoms with Gasteiger partial charge in [0.1, 0.15) is 5.75 Å². The fraction of sp³-hybridized carbons (Fsp3) is 0.214. The van der Waals surface area contributed by atoms with Crippen molar-refractivity contribution < 1.29 is 9.66 Å². The first-order valence-corrected chi connectivity index (χ1v) is 12.3. The number of anilines is 1. The monoisotopic (exact) mass is 513 g/mol. The van der Waals surface area contributed by atoms with E-state index in [4.69, 9.17) is 17.0 Å². The summed E-state index contributed by atoms with van der Waals surface area (Å²) in [6.07, 6.45) is 1.78. The van der Waals surface area contributed by atoms with E-state index in [0.717, 1.165) is 33.9 Å². The first-order valence-electron chi connectivity index (χ1n) is 11.9. The Bertz CT molecular complexity index is 1500. The topological polar surface area (TPSA) is 85.5 Å². The lowest BCUT2D eigenvalue weighted by Crippen LogP contribution is -2.29. The van der Waals surface area contributed by atoms with Crippen LogP contribution in [-0.2, 0) is 0 Å². The Morgan fingerprint density at radius 2 is 1.86 bits per heavy atom. The standard InChI is InChI=1S/C28H27N5O3S/c1-17-8-7-9-20(14-17)32-27(26(30-28(32)37)23-10-5-6-13-29-23)22-15-18(2)31(19(22)3)24-16-21(33(34)35)11-12-25(24)36-4/h5-16,26-27H,1-4H3,(H,30,37)/t26-,27+/m1/s1. The minimum atomic E-state index is -0.395. The zero-order chi connectivity index (χ0) is 26.3. The molecule has 2 aromatic heterocycles. The third-order valence-electron chi connectivity index (χ3n) is 6.78. The maximum Gasteiger partial charge on any atom is 0.271 e. The zero-order valence-corrected chi connectivity index (χ0v) is 21.8. The summed E-state index contributed by atoms with van der Waals surface area (Å²) in [4.78, 5) is 17.9. The summed E-state index contributed by atoms with van der Waals surface area (Å²) in [6, 6.07) is 20.5. The van der Waals surface area contributed by atoms with Gasteiger partial charge >= 0.3 is 0 Å². The molecule has 2 atom stereocenters. The van der Waals surface area contributed by atoms with E-state index < -0.39 is 4.92 Å². The van der Waals surface area contributed by atoms with Gasteiger partial charge in [0, 0.05) is 35.4 Å². The molecule has 0 spiro atoms. The molecule has 0 aliphatic carbocycles. The molecule has 9 heteroatoms. The normalized spacial score (nSPS) is 17.1. The highest BCUT2D eigenvalue weighted by atomic mass is 32.1. The number of rotatable bonds is 6. The van der Waals surface area contributed by atoms with Crippen molar-refractivity contribution in [2.75, 3.05) is 12.0 Å². The molecular formula is C28H27N5O3S. The van der Waals surface area contributed by atoms with Gasteiger partial charge in [0.15, 0.2) is 5.11 Å². The summed E-state index contributed by atoms with van der Waals surface area (Å²) in [5.41, 5.74) is 6.51. The van der Waals surface area contributed by atoms with E-state index in [2.05, 4.69) is 46.4 Å². The van der Waals surface area contributed by atoms with Crippen LogP contribution >= 0.6 is 12.2 Å². The molecule has 1 aliphatic rings. The molecule has 1 fully saturated rings. The molecule has 188 valence electrons. The average Bonchev–Trinajstić information content (AvgIpc) is 3.38.